The number of nitrogens with zero attached hydrogens (tertiary/aromatic N) is 2. The molecule has 9 heavy (non-hydrogen) atoms. The summed E-state index contributed by atoms with van der Waals surface area (Å²) in [5, 5.41) is 10.6. The molecule has 0 saturated carbocycles. The Bertz CT molecular complexity index is 198. The van der Waals surface area contributed by atoms with Crippen LogP contribution >= 0.6 is 11.3 Å². The number of rotatable bonds is 2. The fraction of sp³-hybridized carbons (Fsp3) is 0.200. The molecule has 1 heterocycles. The van der Waals surface area contributed by atoms with Gasteiger partial charge < -0.3 is 5.32 Å². The smallest absolute Gasteiger partial charge is 0.176 e. The maximum Gasteiger partial charge on any atom is 0.176 e. The minimum Gasteiger partial charge on any atom is -0.319 e. The maximum absolute atomic E-state index is 8.09. The van der Waals surface area contributed by atoms with Crippen LogP contribution in [-0.4, -0.2) is 4.98 Å². The fourth-order valence-corrected chi connectivity index (χ4v) is 0.990. The normalized spacial score (nSPS) is 8.33. The highest BCUT2D eigenvalue weighted by molar-refractivity contribution is 7.09. The Morgan fingerprint density at radius 2 is 2.78 bits per heavy atom. The minimum absolute atomic E-state index is 0.598. The van der Waals surface area contributed by atoms with Gasteiger partial charge in [-0.2, -0.15) is 5.26 Å². The summed E-state index contributed by atoms with van der Waals surface area (Å²) in [6, 6.07) is 0. The predicted octanol–water partition coefficient (Wildman–Crippen LogP) is 0.714. The van der Waals surface area contributed by atoms with E-state index in [1.54, 1.807) is 11.7 Å². The van der Waals surface area contributed by atoms with Gasteiger partial charge in [0.2, 0.25) is 0 Å². The summed E-state index contributed by atoms with van der Waals surface area (Å²) in [5.74, 6) is 0. The van der Waals surface area contributed by atoms with Crippen LogP contribution in [0.2, 0.25) is 0 Å². The monoisotopic (exact) mass is 139 g/mol. The van der Waals surface area contributed by atoms with Crippen molar-refractivity contribution in [3.8, 4) is 6.19 Å². The molecule has 1 rings (SSSR count). The highest BCUT2D eigenvalue weighted by atomic mass is 32.1. The van der Waals surface area contributed by atoms with Crippen molar-refractivity contribution in [3.05, 3.63) is 16.6 Å². The zero-order chi connectivity index (χ0) is 6.53. The van der Waals surface area contributed by atoms with Crippen LogP contribution in [0.3, 0.4) is 0 Å². The molecule has 0 aliphatic rings. The average molecular weight is 139 g/mol. The van der Waals surface area contributed by atoms with Gasteiger partial charge in [-0.3, -0.25) is 4.98 Å². The summed E-state index contributed by atoms with van der Waals surface area (Å²) in [5.41, 5.74) is 1.74. The molecule has 0 saturated heterocycles. The van der Waals surface area contributed by atoms with E-state index in [9.17, 15) is 0 Å². The molecule has 0 bridgehead atoms. The molecule has 0 unspecified atom stereocenters. The molecule has 1 aromatic heterocycles. The molecular formula is C5H5N3S. The minimum atomic E-state index is 0.598. The molecule has 3 nitrogen and oxygen atoms in total. The molecule has 0 atom stereocenters. The Kier molecular flexibility index (Phi) is 2.05. The highest BCUT2D eigenvalue weighted by Gasteiger charge is 1.89. The van der Waals surface area contributed by atoms with E-state index in [1.165, 1.54) is 11.3 Å². The van der Waals surface area contributed by atoms with E-state index in [1.807, 2.05) is 6.19 Å². The summed E-state index contributed by atoms with van der Waals surface area (Å²) >= 11 is 1.54. The third-order valence-corrected chi connectivity index (χ3v) is 1.60. The lowest BCUT2D eigenvalue weighted by atomic mass is 10.5. The summed E-state index contributed by atoms with van der Waals surface area (Å²) in [6.45, 7) is 0.598. The van der Waals surface area contributed by atoms with Crippen molar-refractivity contribution in [2.45, 2.75) is 6.54 Å². The first kappa shape index (κ1) is 6.05. The van der Waals surface area contributed by atoms with Gasteiger partial charge in [-0.15, -0.1) is 11.3 Å². The summed E-state index contributed by atoms with van der Waals surface area (Å²) < 4.78 is 0. The van der Waals surface area contributed by atoms with E-state index in [0.717, 1.165) is 4.88 Å². The van der Waals surface area contributed by atoms with Gasteiger partial charge in [0.1, 0.15) is 0 Å². The van der Waals surface area contributed by atoms with Gasteiger partial charge in [-0.05, 0) is 0 Å². The lowest BCUT2D eigenvalue weighted by Crippen LogP contribution is -2.01. The van der Waals surface area contributed by atoms with Crippen LogP contribution in [0, 0.1) is 11.5 Å². The van der Waals surface area contributed by atoms with Gasteiger partial charge in [0.05, 0.1) is 12.1 Å². The number of hydrogen-bond acceptors (Lipinski definition) is 4. The quantitative estimate of drug-likeness (QED) is 0.485. The van der Waals surface area contributed by atoms with Crippen LogP contribution in [0.4, 0.5) is 0 Å². The van der Waals surface area contributed by atoms with Crippen molar-refractivity contribution in [2.75, 3.05) is 0 Å². The Morgan fingerprint density at radius 3 is 3.33 bits per heavy atom. The largest absolute Gasteiger partial charge is 0.319 e. The van der Waals surface area contributed by atoms with Crippen LogP contribution in [0.5, 0.6) is 0 Å². The van der Waals surface area contributed by atoms with Crippen molar-refractivity contribution in [1.82, 2.24) is 10.3 Å². The molecule has 0 spiro atoms. The third kappa shape index (κ3) is 1.70. The molecule has 0 fully saturated rings. The topological polar surface area (TPSA) is 48.7 Å². The van der Waals surface area contributed by atoms with Crippen LogP contribution in [0.15, 0.2) is 11.7 Å². The Hall–Kier alpha value is -1.08. The average Bonchev–Trinajstić information content (AvgIpc) is 2.34. The number of thiazole rings is 1. The lowest BCUT2D eigenvalue weighted by Gasteiger charge is -1.87. The summed E-state index contributed by atoms with van der Waals surface area (Å²) in [4.78, 5) is 4.92. The molecule has 4 heteroatoms. The number of aromatic nitrogens is 1. The van der Waals surface area contributed by atoms with Crippen molar-refractivity contribution in [2.24, 2.45) is 0 Å². The second-order valence-corrected chi connectivity index (χ2v) is 2.40. The Morgan fingerprint density at radius 1 is 1.89 bits per heavy atom. The SMILES string of the molecule is N#CNCc1cncs1. The Labute approximate surface area is 57.0 Å². The van der Waals surface area contributed by atoms with Gasteiger partial charge in [0.15, 0.2) is 6.19 Å². The van der Waals surface area contributed by atoms with Crippen LogP contribution in [0.25, 0.3) is 0 Å². The van der Waals surface area contributed by atoms with Gasteiger partial charge >= 0.3 is 0 Å². The van der Waals surface area contributed by atoms with E-state index < -0.39 is 0 Å². The highest BCUT2D eigenvalue weighted by Crippen LogP contribution is 2.03. The van der Waals surface area contributed by atoms with Crippen molar-refractivity contribution in [1.29, 1.82) is 5.26 Å². The van der Waals surface area contributed by atoms with Crippen molar-refractivity contribution < 1.29 is 0 Å². The van der Waals surface area contributed by atoms with Gasteiger partial charge in [-0.25, -0.2) is 0 Å². The molecule has 0 aliphatic heterocycles. The van der Waals surface area contributed by atoms with E-state index in [4.69, 9.17) is 5.26 Å². The molecule has 1 aromatic rings. The fourth-order valence-electron chi connectivity index (χ4n) is 0.456. The van der Waals surface area contributed by atoms with E-state index in [-0.39, 0.29) is 0 Å². The second-order valence-electron chi connectivity index (χ2n) is 1.43. The molecule has 1 N–H and O–H groups in total. The first-order valence-electron chi connectivity index (χ1n) is 2.43. The summed E-state index contributed by atoms with van der Waals surface area (Å²) in [6.07, 6.45) is 3.58. The Balaban J connectivity index is 2.41. The van der Waals surface area contributed by atoms with Gasteiger partial charge in [0.25, 0.3) is 0 Å². The molecule has 0 aromatic carbocycles. The molecule has 0 aliphatic carbocycles. The first-order valence-corrected chi connectivity index (χ1v) is 3.31. The number of nitrogens with one attached hydrogen (secondary N) is 1. The van der Waals surface area contributed by atoms with Crippen molar-refractivity contribution in [3.63, 3.8) is 0 Å². The van der Waals surface area contributed by atoms with E-state index in [2.05, 4.69) is 10.3 Å². The third-order valence-electron chi connectivity index (χ3n) is 0.825. The molecule has 0 radical (unpaired) electrons. The van der Waals surface area contributed by atoms with Crippen LogP contribution in [0.1, 0.15) is 4.88 Å². The van der Waals surface area contributed by atoms with Gasteiger partial charge in [-0.1, -0.05) is 0 Å². The molecule has 46 valence electrons. The number of nitriles is 1. The standard InChI is InChI=1S/C5H5N3S/c6-3-7-1-5-2-8-4-9-5/h2,4,7H,1H2. The zero-order valence-electron chi connectivity index (χ0n) is 4.66. The van der Waals surface area contributed by atoms with Crippen LogP contribution < -0.4 is 5.32 Å². The van der Waals surface area contributed by atoms with Gasteiger partial charge in [0, 0.05) is 11.1 Å². The number of hydrogen-bond donors (Lipinski definition) is 1. The molecule has 0 amide bonds. The van der Waals surface area contributed by atoms with E-state index >= 15 is 0 Å². The summed E-state index contributed by atoms with van der Waals surface area (Å²) in [7, 11) is 0. The zero-order valence-corrected chi connectivity index (χ0v) is 5.48. The predicted molar refractivity (Wildman–Crippen MR) is 34.6 cm³/mol. The van der Waals surface area contributed by atoms with Crippen molar-refractivity contribution >= 4 is 11.3 Å². The van der Waals surface area contributed by atoms with Crippen LogP contribution in [-0.2, 0) is 6.54 Å². The maximum atomic E-state index is 8.09. The first-order chi connectivity index (χ1) is 4.43. The molecular weight excluding hydrogens is 134 g/mol. The second kappa shape index (κ2) is 3.05. The van der Waals surface area contributed by atoms with E-state index in [0.29, 0.717) is 6.54 Å². The lowest BCUT2D eigenvalue weighted by molar-refractivity contribution is 0.898.